The summed E-state index contributed by atoms with van der Waals surface area (Å²) >= 11 is 0. The minimum atomic E-state index is -0.614. The van der Waals surface area contributed by atoms with Gasteiger partial charge in [-0.15, -0.1) is 0 Å². The van der Waals surface area contributed by atoms with Crippen LogP contribution in [0.15, 0.2) is 12.2 Å². The largest absolute Gasteiger partial charge is 0.259 e. The molecule has 0 bridgehead atoms. The molecule has 0 aromatic carbocycles. The fraction of sp³-hybridized carbons (Fsp3) is 0.667. The zero-order valence-corrected chi connectivity index (χ0v) is 6.20. The lowest BCUT2D eigenvalue weighted by molar-refractivity contribution is 0.685. The molecule has 0 heterocycles. The molecule has 1 nitrogen and oxygen atoms in total. The van der Waals surface area contributed by atoms with Gasteiger partial charge in [-0.3, -0.25) is 4.21 Å². The maximum Gasteiger partial charge on any atom is 0.0415 e. The Balaban J connectivity index is 3.25. The summed E-state index contributed by atoms with van der Waals surface area (Å²) in [6, 6.07) is 0. The number of rotatable bonds is 3. The van der Waals surface area contributed by atoms with E-state index in [9.17, 15) is 4.21 Å². The first kappa shape index (κ1) is 7.89. The second-order valence-electron chi connectivity index (χ2n) is 1.46. The standard InChI is InChI=1S/C6H12OS/c1-3-5-6-8(7)4-2/h3,5H,4,6H2,1-2H3/b5-3+. The van der Waals surface area contributed by atoms with E-state index in [0.29, 0.717) is 5.75 Å². The summed E-state index contributed by atoms with van der Waals surface area (Å²) in [5.74, 6) is 1.48. The molecule has 8 heavy (non-hydrogen) atoms. The van der Waals surface area contributed by atoms with Gasteiger partial charge in [0.15, 0.2) is 0 Å². The van der Waals surface area contributed by atoms with Crippen molar-refractivity contribution in [3.63, 3.8) is 0 Å². The Morgan fingerprint density at radius 3 is 2.62 bits per heavy atom. The van der Waals surface area contributed by atoms with E-state index in [4.69, 9.17) is 0 Å². The fourth-order valence-corrected chi connectivity index (χ4v) is 0.964. The topological polar surface area (TPSA) is 17.1 Å². The molecule has 1 atom stereocenters. The zero-order valence-electron chi connectivity index (χ0n) is 5.39. The highest BCUT2D eigenvalue weighted by atomic mass is 32.2. The highest BCUT2D eigenvalue weighted by molar-refractivity contribution is 7.85. The molecule has 0 saturated carbocycles. The van der Waals surface area contributed by atoms with Gasteiger partial charge in [0.05, 0.1) is 0 Å². The van der Waals surface area contributed by atoms with E-state index in [1.54, 1.807) is 0 Å². The van der Waals surface area contributed by atoms with E-state index in [1.807, 2.05) is 26.0 Å². The first-order valence-electron chi connectivity index (χ1n) is 2.77. The molecule has 0 rings (SSSR count). The lowest BCUT2D eigenvalue weighted by Crippen LogP contribution is -1.95. The summed E-state index contributed by atoms with van der Waals surface area (Å²) in [4.78, 5) is 0. The molecule has 0 aromatic rings. The molecule has 0 aromatic heterocycles. The van der Waals surface area contributed by atoms with Crippen molar-refractivity contribution in [2.75, 3.05) is 11.5 Å². The van der Waals surface area contributed by atoms with E-state index >= 15 is 0 Å². The van der Waals surface area contributed by atoms with Gasteiger partial charge in [-0.2, -0.15) is 0 Å². The Labute approximate surface area is 53.2 Å². The minimum absolute atomic E-state index is 0.614. The molecule has 0 aliphatic carbocycles. The summed E-state index contributed by atoms with van der Waals surface area (Å²) in [7, 11) is -0.614. The van der Waals surface area contributed by atoms with Gasteiger partial charge in [-0.25, -0.2) is 0 Å². The van der Waals surface area contributed by atoms with Gasteiger partial charge in [-0.05, 0) is 6.92 Å². The maximum absolute atomic E-state index is 10.6. The van der Waals surface area contributed by atoms with E-state index in [-0.39, 0.29) is 0 Å². The SMILES string of the molecule is C/C=C/CS(=O)CC. The first-order valence-corrected chi connectivity index (χ1v) is 4.26. The minimum Gasteiger partial charge on any atom is -0.259 e. The first-order chi connectivity index (χ1) is 3.81. The van der Waals surface area contributed by atoms with Crippen LogP contribution in [0.1, 0.15) is 13.8 Å². The fourth-order valence-electron chi connectivity index (χ4n) is 0.321. The van der Waals surface area contributed by atoms with Crippen molar-refractivity contribution in [1.82, 2.24) is 0 Å². The van der Waals surface area contributed by atoms with Crippen LogP contribution in [0.4, 0.5) is 0 Å². The van der Waals surface area contributed by atoms with Crippen molar-refractivity contribution in [2.24, 2.45) is 0 Å². The monoisotopic (exact) mass is 132 g/mol. The molecule has 0 aliphatic heterocycles. The Bertz CT molecular complexity index is 96.7. The van der Waals surface area contributed by atoms with Gasteiger partial charge in [0.2, 0.25) is 0 Å². The third-order valence-corrected chi connectivity index (χ3v) is 2.05. The second kappa shape index (κ2) is 5.04. The van der Waals surface area contributed by atoms with Gasteiger partial charge in [-0.1, -0.05) is 19.1 Å². The van der Waals surface area contributed by atoms with Crippen LogP contribution in [0.25, 0.3) is 0 Å². The lowest BCUT2D eigenvalue weighted by atomic mass is 10.6. The van der Waals surface area contributed by atoms with Crippen LogP contribution < -0.4 is 0 Å². The molecule has 0 N–H and O–H groups in total. The third-order valence-electron chi connectivity index (χ3n) is 0.840. The van der Waals surface area contributed by atoms with Crippen LogP contribution in [-0.4, -0.2) is 15.7 Å². The molecule has 1 unspecified atom stereocenters. The molecule has 0 aliphatic rings. The van der Waals surface area contributed by atoms with E-state index in [0.717, 1.165) is 5.75 Å². The lowest BCUT2D eigenvalue weighted by Gasteiger charge is -1.87. The number of hydrogen-bond donors (Lipinski definition) is 0. The predicted octanol–water partition coefficient (Wildman–Crippen LogP) is 1.33. The summed E-state index contributed by atoms with van der Waals surface area (Å²) in [6.45, 7) is 3.87. The molecule has 48 valence electrons. The number of allylic oxidation sites excluding steroid dienone is 1. The smallest absolute Gasteiger partial charge is 0.0415 e. The molecular formula is C6H12OS. The van der Waals surface area contributed by atoms with Crippen LogP contribution in [0, 0.1) is 0 Å². The van der Waals surface area contributed by atoms with Crippen LogP contribution >= 0.6 is 0 Å². The zero-order chi connectivity index (χ0) is 6.41. The Morgan fingerprint density at radius 2 is 2.25 bits per heavy atom. The summed E-state index contributed by atoms with van der Waals surface area (Å²) in [6.07, 6.45) is 3.85. The normalized spacial score (nSPS) is 14.8. The quantitative estimate of drug-likeness (QED) is 0.529. The van der Waals surface area contributed by atoms with Crippen LogP contribution in [0.3, 0.4) is 0 Å². The second-order valence-corrected chi connectivity index (χ2v) is 3.25. The summed E-state index contributed by atoms with van der Waals surface area (Å²) in [5.41, 5.74) is 0. The van der Waals surface area contributed by atoms with Gasteiger partial charge in [0, 0.05) is 22.3 Å². The molecule has 0 amide bonds. The van der Waals surface area contributed by atoms with Crippen molar-refractivity contribution < 1.29 is 4.21 Å². The molecule has 0 fully saturated rings. The molecule has 0 saturated heterocycles. The van der Waals surface area contributed by atoms with Crippen LogP contribution in [0.5, 0.6) is 0 Å². The maximum atomic E-state index is 10.6. The van der Waals surface area contributed by atoms with Crippen molar-refractivity contribution in [3.8, 4) is 0 Å². The third kappa shape index (κ3) is 4.06. The number of hydrogen-bond acceptors (Lipinski definition) is 1. The van der Waals surface area contributed by atoms with Gasteiger partial charge in [0.1, 0.15) is 0 Å². The van der Waals surface area contributed by atoms with Gasteiger partial charge in [0.25, 0.3) is 0 Å². The van der Waals surface area contributed by atoms with E-state index < -0.39 is 10.8 Å². The Hall–Kier alpha value is -0.110. The summed E-state index contributed by atoms with van der Waals surface area (Å²) in [5, 5.41) is 0. The Kier molecular flexibility index (Phi) is 4.97. The van der Waals surface area contributed by atoms with Crippen molar-refractivity contribution in [1.29, 1.82) is 0 Å². The molecular weight excluding hydrogens is 120 g/mol. The summed E-state index contributed by atoms with van der Waals surface area (Å²) < 4.78 is 10.6. The van der Waals surface area contributed by atoms with Crippen LogP contribution in [-0.2, 0) is 10.8 Å². The van der Waals surface area contributed by atoms with Crippen molar-refractivity contribution in [2.45, 2.75) is 13.8 Å². The molecule has 0 radical (unpaired) electrons. The predicted molar refractivity (Wildman–Crippen MR) is 38.4 cm³/mol. The Morgan fingerprint density at radius 1 is 1.62 bits per heavy atom. The van der Waals surface area contributed by atoms with Crippen molar-refractivity contribution >= 4 is 10.8 Å². The van der Waals surface area contributed by atoms with Crippen molar-refractivity contribution in [3.05, 3.63) is 12.2 Å². The van der Waals surface area contributed by atoms with Crippen LogP contribution in [0.2, 0.25) is 0 Å². The van der Waals surface area contributed by atoms with Gasteiger partial charge >= 0.3 is 0 Å². The highest BCUT2D eigenvalue weighted by Crippen LogP contribution is 1.81. The highest BCUT2D eigenvalue weighted by Gasteiger charge is 1.86. The molecule has 2 heteroatoms. The van der Waals surface area contributed by atoms with E-state index in [1.165, 1.54) is 0 Å². The van der Waals surface area contributed by atoms with Gasteiger partial charge < -0.3 is 0 Å². The van der Waals surface area contributed by atoms with E-state index in [2.05, 4.69) is 0 Å². The average Bonchev–Trinajstić information content (AvgIpc) is 1.83. The average molecular weight is 132 g/mol. The molecule has 0 spiro atoms.